The summed E-state index contributed by atoms with van der Waals surface area (Å²) in [6.07, 6.45) is 5.17. The molecule has 0 radical (unpaired) electrons. The highest BCUT2D eigenvalue weighted by Crippen LogP contribution is 2.36. The van der Waals surface area contributed by atoms with Gasteiger partial charge >= 0.3 is 0 Å². The molecule has 1 aliphatic heterocycles. The predicted molar refractivity (Wildman–Crippen MR) is 74.0 cm³/mol. The molecule has 3 nitrogen and oxygen atoms in total. The van der Waals surface area contributed by atoms with Gasteiger partial charge in [-0.3, -0.25) is 4.90 Å². The fourth-order valence-corrected chi connectivity index (χ4v) is 4.15. The van der Waals surface area contributed by atoms with Gasteiger partial charge in [-0.15, -0.1) is 11.3 Å². The zero-order valence-electron chi connectivity index (χ0n) is 11.4. The van der Waals surface area contributed by atoms with Gasteiger partial charge in [-0.25, -0.2) is 4.98 Å². The van der Waals surface area contributed by atoms with E-state index in [4.69, 9.17) is 4.74 Å². The van der Waals surface area contributed by atoms with E-state index in [1.54, 1.807) is 0 Å². The van der Waals surface area contributed by atoms with E-state index in [9.17, 15) is 0 Å². The first-order chi connectivity index (χ1) is 8.67. The van der Waals surface area contributed by atoms with Crippen molar-refractivity contribution in [3.05, 3.63) is 15.6 Å². The molecule has 18 heavy (non-hydrogen) atoms. The van der Waals surface area contributed by atoms with Crippen molar-refractivity contribution >= 4 is 11.3 Å². The molecule has 100 valence electrons. The number of aromatic nitrogens is 1. The lowest BCUT2D eigenvalue weighted by atomic mass is 10.00. The van der Waals surface area contributed by atoms with Gasteiger partial charge < -0.3 is 4.74 Å². The first-order valence-corrected chi connectivity index (χ1v) is 7.78. The Kier molecular flexibility index (Phi) is 3.43. The lowest BCUT2D eigenvalue weighted by Crippen LogP contribution is -2.49. The molecule has 1 spiro atoms. The topological polar surface area (TPSA) is 25.4 Å². The van der Waals surface area contributed by atoms with Gasteiger partial charge in [0.25, 0.3) is 0 Å². The fourth-order valence-electron chi connectivity index (χ4n) is 3.18. The van der Waals surface area contributed by atoms with Crippen LogP contribution >= 0.6 is 11.3 Å². The largest absolute Gasteiger partial charge is 0.372 e. The lowest BCUT2D eigenvalue weighted by molar-refractivity contribution is -0.107. The molecule has 1 aromatic heterocycles. The van der Waals surface area contributed by atoms with Crippen LogP contribution in [0.3, 0.4) is 0 Å². The molecule has 2 aliphatic rings. The highest BCUT2D eigenvalue weighted by atomic mass is 32.1. The molecule has 0 atom stereocenters. The zero-order chi connectivity index (χ0) is 12.6. The molecule has 0 unspecified atom stereocenters. The van der Waals surface area contributed by atoms with Crippen molar-refractivity contribution in [2.24, 2.45) is 0 Å². The summed E-state index contributed by atoms with van der Waals surface area (Å²) in [7, 11) is 0. The molecule has 1 saturated heterocycles. The average molecular weight is 266 g/mol. The maximum absolute atomic E-state index is 6.06. The molecule has 0 amide bonds. The molecule has 2 fully saturated rings. The Balaban J connectivity index is 1.65. The van der Waals surface area contributed by atoms with Crippen LogP contribution in [0.2, 0.25) is 0 Å². The maximum Gasteiger partial charge on any atom is 0.107 e. The van der Waals surface area contributed by atoms with Crippen molar-refractivity contribution in [3.8, 4) is 0 Å². The first kappa shape index (κ1) is 12.6. The van der Waals surface area contributed by atoms with E-state index in [-0.39, 0.29) is 5.60 Å². The molecule has 4 heteroatoms. The number of aryl methyl sites for hydroxylation is 2. The summed E-state index contributed by atoms with van der Waals surface area (Å²) in [5, 5.41) is 1.26. The number of morpholine rings is 1. The maximum atomic E-state index is 6.06. The first-order valence-electron chi connectivity index (χ1n) is 6.96. The van der Waals surface area contributed by atoms with Gasteiger partial charge in [0.1, 0.15) is 5.01 Å². The van der Waals surface area contributed by atoms with E-state index in [0.717, 1.165) is 26.2 Å². The minimum absolute atomic E-state index is 0.180. The van der Waals surface area contributed by atoms with Gasteiger partial charge in [-0.05, 0) is 26.7 Å². The average Bonchev–Trinajstić information content (AvgIpc) is 2.88. The SMILES string of the molecule is Cc1nc(CN2CCOC3(CCCC3)C2)sc1C. The number of thiazole rings is 1. The number of nitrogens with zero attached hydrogens (tertiary/aromatic N) is 2. The molecule has 1 aliphatic carbocycles. The Morgan fingerprint density at radius 2 is 2.11 bits per heavy atom. The molecule has 3 rings (SSSR count). The lowest BCUT2D eigenvalue weighted by Gasteiger charge is -2.40. The molecular weight excluding hydrogens is 244 g/mol. The third-order valence-electron chi connectivity index (χ3n) is 4.27. The molecule has 2 heterocycles. The van der Waals surface area contributed by atoms with Gasteiger partial charge in [0.15, 0.2) is 0 Å². The summed E-state index contributed by atoms with van der Waals surface area (Å²) in [5.74, 6) is 0. The number of rotatable bonds is 2. The zero-order valence-corrected chi connectivity index (χ0v) is 12.2. The van der Waals surface area contributed by atoms with E-state index in [1.165, 1.54) is 41.3 Å². The van der Waals surface area contributed by atoms with Gasteiger partial charge in [-0.1, -0.05) is 12.8 Å². The molecular formula is C14H22N2OS. The Morgan fingerprint density at radius 3 is 2.78 bits per heavy atom. The van der Waals surface area contributed by atoms with Crippen molar-refractivity contribution < 1.29 is 4.74 Å². The Labute approximate surface area is 113 Å². The van der Waals surface area contributed by atoms with E-state index < -0.39 is 0 Å². The van der Waals surface area contributed by atoms with Crippen LogP contribution in [0.5, 0.6) is 0 Å². The Hall–Kier alpha value is -0.450. The third-order valence-corrected chi connectivity index (χ3v) is 5.33. The van der Waals surface area contributed by atoms with Crippen LogP contribution in [0.1, 0.15) is 41.3 Å². The normalized spacial score (nSPS) is 23.9. The highest BCUT2D eigenvalue weighted by molar-refractivity contribution is 7.11. The van der Waals surface area contributed by atoms with Crippen molar-refractivity contribution in [1.82, 2.24) is 9.88 Å². The van der Waals surface area contributed by atoms with Crippen LogP contribution in [0.4, 0.5) is 0 Å². The van der Waals surface area contributed by atoms with E-state index in [1.807, 2.05) is 11.3 Å². The summed E-state index contributed by atoms with van der Waals surface area (Å²) < 4.78 is 6.06. The van der Waals surface area contributed by atoms with Gasteiger partial charge in [0.05, 0.1) is 24.4 Å². The second-order valence-electron chi connectivity index (χ2n) is 5.70. The quantitative estimate of drug-likeness (QED) is 0.823. The van der Waals surface area contributed by atoms with Crippen molar-refractivity contribution in [1.29, 1.82) is 0 Å². The summed E-state index contributed by atoms with van der Waals surface area (Å²) in [6.45, 7) is 8.32. The molecule has 1 saturated carbocycles. The van der Waals surface area contributed by atoms with E-state index >= 15 is 0 Å². The van der Waals surface area contributed by atoms with Crippen LogP contribution in [-0.4, -0.2) is 35.2 Å². The van der Waals surface area contributed by atoms with Crippen molar-refractivity contribution in [2.75, 3.05) is 19.7 Å². The number of ether oxygens (including phenoxy) is 1. The highest BCUT2D eigenvalue weighted by Gasteiger charge is 2.39. The summed E-state index contributed by atoms with van der Waals surface area (Å²) in [4.78, 5) is 8.55. The standard InChI is InChI=1S/C14H22N2OS/c1-11-12(2)18-13(15-11)9-16-7-8-17-14(10-16)5-3-4-6-14/h3-10H2,1-2H3. The summed E-state index contributed by atoms with van der Waals surface area (Å²) in [5.41, 5.74) is 1.37. The van der Waals surface area contributed by atoms with Crippen molar-refractivity contribution in [3.63, 3.8) is 0 Å². The van der Waals surface area contributed by atoms with Crippen LogP contribution in [0, 0.1) is 13.8 Å². The van der Waals surface area contributed by atoms with Crippen LogP contribution in [0.25, 0.3) is 0 Å². The second-order valence-corrected chi connectivity index (χ2v) is 6.99. The monoisotopic (exact) mass is 266 g/mol. The molecule has 0 N–H and O–H groups in total. The van der Waals surface area contributed by atoms with Gasteiger partial charge in [0.2, 0.25) is 0 Å². The molecule has 0 bridgehead atoms. The summed E-state index contributed by atoms with van der Waals surface area (Å²) in [6, 6.07) is 0. The van der Waals surface area contributed by atoms with E-state index in [0.29, 0.717) is 0 Å². The Morgan fingerprint density at radius 1 is 1.33 bits per heavy atom. The second kappa shape index (κ2) is 4.91. The smallest absolute Gasteiger partial charge is 0.107 e. The van der Waals surface area contributed by atoms with Gasteiger partial charge in [-0.2, -0.15) is 0 Å². The van der Waals surface area contributed by atoms with Crippen molar-refractivity contribution in [2.45, 2.75) is 51.7 Å². The minimum Gasteiger partial charge on any atom is -0.372 e. The van der Waals surface area contributed by atoms with Crippen LogP contribution < -0.4 is 0 Å². The molecule has 0 aromatic carbocycles. The third kappa shape index (κ3) is 2.46. The minimum atomic E-state index is 0.180. The molecule has 1 aromatic rings. The fraction of sp³-hybridized carbons (Fsp3) is 0.786. The summed E-state index contributed by atoms with van der Waals surface area (Å²) >= 11 is 1.85. The van der Waals surface area contributed by atoms with Gasteiger partial charge in [0, 0.05) is 18.0 Å². The predicted octanol–water partition coefficient (Wildman–Crippen LogP) is 2.90. The van der Waals surface area contributed by atoms with E-state index in [2.05, 4.69) is 23.7 Å². The number of hydrogen-bond acceptors (Lipinski definition) is 4. The Bertz CT molecular complexity index is 404. The number of hydrogen-bond donors (Lipinski definition) is 0. The van der Waals surface area contributed by atoms with Crippen LogP contribution in [0.15, 0.2) is 0 Å². The van der Waals surface area contributed by atoms with Crippen LogP contribution in [-0.2, 0) is 11.3 Å².